The maximum atomic E-state index is 9.70. The molecule has 0 amide bonds. The highest BCUT2D eigenvalue weighted by Crippen LogP contribution is 2.39. The molecule has 2 heterocycles. The van der Waals surface area contributed by atoms with Crippen LogP contribution < -0.4 is 10.6 Å². The Kier molecular flexibility index (Phi) is 4.85. The largest absolute Gasteiger partial charge is 0.394 e. The third-order valence-corrected chi connectivity index (χ3v) is 4.86. The van der Waals surface area contributed by atoms with Crippen molar-refractivity contribution in [2.24, 2.45) is 0 Å². The number of hydrogen-bond donors (Lipinski definition) is 4. The van der Waals surface area contributed by atoms with Crippen molar-refractivity contribution in [2.45, 2.75) is 24.8 Å². The van der Waals surface area contributed by atoms with Crippen molar-refractivity contribution >= 4 is 33.5 Å². The van der Waals surface area contributed by atoms with Crippen LogP contribution in [0.3, 0.4) is 0 Å². The number of benzene rings is 1. The van der Waals surface area contributed by atoms with Gasteiger partial charge < -0.3 is 15.7 Å². The van der Waals surface area contributed by atoms with Gasteiger partial charge in [-0.15, -0.1) is 0 Å². The molecule has 7 nitrogen and oxygen atoms in total. The number of nitrogens with zero attached hydrogens (tertiary/aromatic N) is 3. The van der Waals surface area contributed by atoms with E-state index in [1.165, 1.54) is 12.8 Å². The van der Waals surface area contributed by atoms with Gasteiger partial charge in [0.15, 0.2) is 5.82 Å². The van der Waals surface area contributed by atoms with Crippen LogP contribution in [0.25, 0.3) is 0 Å². The summed E-state index contributed by atoms with van der Waals surface area (Å²) in [6.45, 7) is -0.0580. The number of nitrogens with one attached hydrogen (secondary N) is 3. The molecular formula is C18H19BrN6O. The number of aliphatic hydroxyl groups excluding tert-OH is 1. The molecule has 134 valence electrons. The number of halogens is 1. The number of anilines is 3. The smallest absolute Gasteiger partial charge is 0.225 e. The van der Waals surface area contributed by atoms with Crippen molar-refractivity contribution in [3.05, 3.63) is 58.3 Å². The third kappa shape index (κ3) is 3.86. The number of aromatic amines is 1. The second-order valence-corrected chi connectivity index (χ2v) is 7.14. The maximum absolute atomic E-state index is 9.70. The fourth-order valence-electron chi connectivity index (χ4n) is 2.72. The molecule has 8 heteroatoms. The van der Waals surface area contributed by atoms with Gasteiger partial charge in [-0.2, -0.15) is 10.1 Å². The molecule has 0 unspecified atom stereocenters. The van der Waals surface area contributed by atoms with Crippen LogP contribution >= 0.6 is 15.9 Å². The molecular weight excluding hydrogens is 396 g/mol. The molecule has 1 aromatic carbocycles. The van der Waals surface area contributed by atoms with E-state index in [1.54, 1.807) is 6.20 Å². The monoisotopic (exact) mass is 414 g/mol. The van der Waals surface area contributed by atoms with Crippen molar-refractivity contribution < 1.29 is 5.11 Å². The molecule has 26 heavy (non-hydrogen) atoms. The number of aliphatic hydroxyl groups is 1. The number of H-pyrrole nitrogens is 1. The first-order chi connectivity index (χ1) is 12.7. The van der Waals surface area contributed by atoms with E-state index in [-0.39, 0.29) is 12.6 Å². The molecule has 1 saturated carbocycles. The molecule has 1 fully saturated rings. The minimum absolute atomic E-state index is 0.0580. The molecule has 0 aliphatic heterocycles. The second kappa shape index (κ2) is 7.43. The van der Waals surface area contributed by atoms with Gasteiger partial charge >= 0.3 is 0 Å². The lowest BCUT2D eigenvalue weighted by Gasteiger charge is -2.17. The fraction of sp³-hybridized carbons (Fsp3) is 0.278. The molecule has 1 aliphatic carbocycles. The van der Waals surface area contributed by atoms with Gasteiger partial charge in [-0.1, -0.05) is 30.3 Å². The second-order valence-electron chi connectivity index (χ2n) is 6.29. The van der Waals surface area contributed by atoms with Crippen molar-refractivity contribution in [3.8, 4) is 0 Å². The number of hydrogen-bond acceptors (Lipinski definition) is 6. The van der Waals surface area contributed by atoms with Crippen molar-refractivity contribution in [2.75, 3.05) is 17.2 Å². The molecule has 1 aliphatic rings. The van der Waals surface area contributed by atoms with E-state index < -0.39 is 0 Å². The highest BCUT2D eigenvalue weighted by atomic mass is 79.9. The molecule has 1 atom stereocenters. The zero-order valence-corrected chi connectivity index (χ0v) is 15.6. The first-order valence-corrected chi connectivity index (χ1v) is 9.29. The van der Waals surface area contributed by atoms with E-state index >= 15 is 0 Å². The standard InChI is InChI=1S/C18H19BrN6O/c19-13-9-20-18(21-15(10-26)11-4-2-1-3-5-11)23-17(13)22-16-8-14(24-25-16)12-6-7-12/h1-5,8-9,12,15,26H,6-7,10H2,(H3,20,21,22,23,24,25)/t15-/m1/s1. The van der Waals surface area contributed by atoms with Gasteiger partial charge in [-0.25, -0.2) is 4.98 Å². The molecule has 0 bridgehead atoms. The summed E-state index contributed by atoms with van der Waals surface area (Å²) in [5.41, 5.74) is 2.05. The molecule has 4 rings (SSSR count). The molecule has 2 aromatic heterocycles. The Morgan fingerprint density at radius 2 is 2.08 bits per heavy atom. The topological polar surface area (TPSA) is 98.7 Å². The minimum atomic E-state index is -0.279. The van der Waals surface area contributed by atoms with Gasteiger partial charge in [0.05, 0.1) is 22.8 Å². The fourth-order valence-corrected chi connectivity index (χ4v) is 3.01. The van der Waals surface area contributed by atoms with Gasteiger partial charge in [-0.3, -0.25) is 5.10 Å². The predicted molar refractivity (Wildman–Crippen MR) is 103 cm³/mol. The van der Waals surface area contributed by atoms with E-state index in [0.29, 0.717) is 17.7 Å². The van der Waals surface area contributed by atoms with Gasteiger partial charge in [0.25, 0.3) is 0 Å². The van der Waals surface area contributed by atoms with Crippen LogP contribution in [0.15, 0.2) is 47.1 Å². The van der Waals surface area contributed by atoms with E-state index in [4.69, 9.17) is 0 Å². The number of rotatable bonds is 7. The summed E-state index contributed by atoms with van der Waals surface area (Å²) in [4.78, 5) is 8.80. The quantitative estimate of drug-likeness (QED) is 0.470. The van der Waals surface area contributed by atoms with Crippen molar-refractivity contribution in [3.63, 3.8) is 0 Å². The molecule has 0 spiro atoms. The Labute approximate surface area is 159 Å². The molecule has 3 aromatic rings. The third-order valence-electron chi connectivity index (χ3n) is 4.28. The van der Waals surface area contributed by atoms with Gasteiger partial charge in [0.2, 0.25) is 5.95 Å². The van der Waals surface area contributed by atoms with Crippen LogP contribution in [0.4, 0.5) is 17.6 Å². The van der Waals surface area contributed by atoms with Crippen molar-refractivity contribution in [1.29, 1.82) is 0 Å². The normalized spacial score (nSPS) is 14.8. The van der Waals surface area contributed by atoms with Crippen molar-refractivity contribution in [1.82, 2.24) is 20.2 Å². The zero-order chi connectivity index (χ0) is 17.9. The van der Waals surface area contributed by atoms with Crippen LogP contribution in [0, 0.1) is 0 Å². The van der Waals surface area contributed by atoms with Crippen LogP contribution in [0.1, 0.15) is 36.1 Å². The average Bonchev–Trinajstić information content (AvgIpc) is 3.42. The van der Waals surface area contributed by atoms with E-state index in [0.717, 1.165) is 21.5 Å². The summed E-state index contributed by atoms with van der Waals surface area (Å²) in [6, 6.07) is 11.5. The lowest BCUT2D eigenvalue weighted by atomic mass is 10.1. The first-order valence-electron chi connectivity index (χ1n) is 8.50. The van der Waals surface area contributed by atoms with Crippen LogP contribution in [-0.2, 0) is 0 Å². The molecule has 0 radical (unpaired) electrons. The Hall–Kier alpha value is -2.45. The average molecular weight is 415 g/mol. The summed E-state index contributed by atoms with van der Waals surface area (Å²) in [6.07, 6.45) is 4.09. The zero-order valence-electron chi connectivity index (χ0n) is 14.0. The van der Waals surface area contributed by atoms with Gasteiger partial charge in [0, 0.05) is 18.2 Å². The number of aromatic nitrogens is 4. The Balaban J connectivity index is 1.51. The summed E-state index contributed by atoms with van der Waals surface area (Å²) in [5, 5.41) is 23.4. The lowest BCUT2D eigenvalue weighted by Crippen LogP contribution is -2.16. The van der Waals surface area contributed by atoms with Gasteiger partial charge in [-0.05, 0) is 34.3 Å². The molecule has 0 saturated heterocycles. The van der Waals surface area contributed by atoms with E-state index in [9.17, 15) is 5.11 Å². The Morgan fingerprint density at radius 1 is 1.27 bits per heavy atom. The minimum Gasteiger partial charge on any atom is -0.394 e. The van der Waals surface area contributed by atoms with Gasteiger partial charge in [0.1, 0.15) is 5.82 Å². The highest BCUT2D eigenvalue weighted by molar-refractivity contribution is 9.10. The maximum Gasteiger partial charge on any atom is 0.225 e. The van der Waals surface area contributed by atoms with Crippen LogP contribution in [0.5, 0.6) is 0 Å². The SMILES string of the molecule is OC[C@@H](Nc1ncc(Br)c(Nc2cc(C3CC3)n[nH]2)n1)c1ccccc1. The Morgan fingerprint density at radius 3 is 2.81 bits per heavy atom. The van der Waals surface area contributed by atoms with E-state index in [1.807, 2.05) is 36.4 Å². The molecule has 4 N–H and O–H groups in total. The predicted octanol–water partition coefficient (Wildman–Crippen LogP) is 3.73. The summed E-state index contributed by atoms with van der Waals surface area (Å²) in [5.74, 6) is 2.43. The summed E-state index contributed by atoms with van der Waals surface area (Å²) in [7, 11) is 0. The van der Waals surface area contributed by atoms with Crippen LogP contribution in [0.2, 0.25) is 0 Å². The first kappa shape index (κ1) is 17.0. The highest BCUT2D eigenvalue weighted by Gasteiger charge is 2.26. The lowest BCUT2D eigenvalue weighted by molar-refractivity contribution is 0.276. The summed E-state index contributed by atoms with van der Waals surface area (Å²) < 4.78 is 0.742. The Bertz CT molecular complexity index is 880. The van der Waals surface area contributed by atoms with Crippen LogP contribution in [-0.4, -0.2) is 31.9 Å². The van der Waals surface area contributed by atoms with E-state index in [2.05, 4.69) is 46.7 Å². The summed E-state index contributed by atoms with van der Waals surface area (Å²) >= 11 is 3.47.